The van der Waals surface area contributed by atoms with Crippen LogP contribution in [0.15, 0.2) is 72.6 Å². The second-order valence-electron chi connectivity index (χ2n) is 7.35. The van der Waals surface area contributed by atoms with Crippen molar-refractivity contribution < 1.29 is 24.2 Å². The van der Waals surface area contributed by atoms with E-state index in [1.54, 1.807) is 48.7 Å². The Hall–Kier alpha value is -4.13. The predicted octanol–water partition coefficient (Wildman–Crippen LogP) is 4.03. The molecule has 1 atom stereocenters. The van der Waals surface area contributed by atoms with E-state index in [0.29, 0.717) is 28.3 Å². The lowest BCUT2D eigenvalue weighted by Gasteiger charge is -2.26. The van der Waals surface area contributed by atoms with E-state index in [1.807, 2.05) is 19.1 Å². The number of amides is 1. The maximum absolute atomic E-state index is 13.2. The van der Waals surface area contributed by atoms with Crippen molar-refractivity contribution in [1.82, 2.24) is 4.98 Å². The lowest BCUT2D eigenvalue weighted by atomic mass is 9.94. The number of Topliss-reactive ketones (excluding diaryl/α,β-unsaturated/α-hetero) is 1. The molecular formula is C25H22N2O5. The summed E-state index contributed by atoms with van der Waals surface area (Å²) >= 11 is 0. The Morgan fingerprint density at radius 2 is 1.78 bits per heavy atom. The Bertz CT molecular complexity index is 1200. The molecule has 1 aromatic heterocycles. The molecule has 1 aliphatic heterocycles. The molecule has 3 aromatic rings. The molecule has 1 aliphatic rings. The summed E-state index contributed by atoms with van der Waals surface area (Å²) < 4.78 is 10.8. The third kappa shape index (κ3) is 3.58. The zero-order valence-corrected chi connectivity index (χ0v) is 17.9. The van der Waals surface area contributed by atoms with Gasteiger partial charge in [0.1, 0.15) is 17.3 Å². The number of benzene rings is 2. The molecule has 32 heavy (non-hydrogen) atoms. The fourth-order valence-corrected chi connectivity index (χ4v) is 3.80. The Kier molecular flexibility index (Phi) is 5.64. The number of rotatable bonds is 5. The number of methoxy groups -OCH3 is 2. The lowest BCUT2D eigenvalue weighted by Crippen LogP contribution is -2.29. The highest BCUT2D eigenvalue weighted by atomic mass is 16.5. The number of ketones is 1. The summed E-state index contributed by atoms with van der Waals surface area (Å²) in [5, 5.41) is 11.2. The Morgan fingerprint density at radius 1 is 1.03 bits per heavy atom. The van der Waals surface area contributed by atoms with Gasteiger partial charge in [0.15, 0.2) is 0 Å². The first kappa shape index (κ1) is 21.1. The molecule has 7 heteroatoms. The number of ether oxygens (including phenoxy) is 2. The van der Waals surface area contributed by atoms with E-state index in [2.05, 4.69) is 4.98 Å². The molecule has 1 fully saturated rings. The van der Waals surface area contributed by atoms with Crippen LogP contribution in [0.25, 0.3) is 5.76 Å². The first-order chi connectivity index (χ1) is 15.5. The van der Waals surface area contributed by atoms with E-state index in [1.165, 1.54) is 25.3 Å². The second kappa shape index (κ2) is 8.55. The summed E-state index contributed by atoms with van der Waals surface area (Å²) in [4.78, 5) is 31.8. The molecule has 0 spiro atoms. The van der Waals surface area contributed by atoms with Crippen molar-refractivity contribution in [3.8, 4) is 11.5 Å². The molecule has 4 rings (SSSR count). The van der Waals surface area contributed by atoms with Crippen LogP contribution in [-0.2, 0) is 9.59 Å². The Balaban J connectivity index is 1.98. The highest BCUT2D eigenvalue weighted by Gasteiger charge is 2.48. The van der Waals surface area contributed by atoms with Crippen LogP contribution in [-0.4, -0.2) is 36.0 Å². The Labute approximate surface area is 185 Å². The van der Waals surface area contributed by atoms with Crippen molar-refractivity contribution in [3.63, 3.8) is 0 Å². The standard InChI is InChI=1S/C25H22N2O5/c1-15-6-8-16(9-7-15)23(28)21-22(19-11-10-18(31-2)13-20(19)32-3)27(25(30)24(21)29)17-5-4-12-26-14-17/h4-14,22,28H,1-3H3. The van der Waals surface area contributed by atoms with Crippen LogP contribution in [0.3, 0.4) is 0 Å². The number of hydrogen-bond donors (Lipinski definition) is 1. The molecule has 0 aliphatic carbocycles. The number of aliphatic hydroxyl groups excluding tert-OH is 1. The van der Waals surface area contributed by atoms with Crippen molar-refractivity contribution in [1.29, 1.82) is 0 Å². The van der Waals surface area contributed by atoms with Crippen molar-refractivity contribution in [2.24, 2.45) is 0 Å². The highest BCUT2D eigenvalue weighted by Crippen LogP contribution is 2.45. The van der Waals surface area contributed by atoms with Crippen LogP contribution in [0.2, 0.25) is 0 Å². The van der Waals surface area contributed by atoms with Gasteiger partial charge in [0.25, 0.3) is 11.7 Å². The number of aromatic nitrogens is 1. The van der Waals surface area contributed by atoms with Gasteiger partial charge in [0.05, 0.1) is 37.7 Å². The average Bonchev–Trinajstić information content (AvgIpc) is 3.09. The van der Waals surface area contributed by atoms with Gasteiger partial charge in [-0.25, -0.2) is 0 Å². The maximum Gasteiger partial charge on any atom is 0.300 e. The van der Waals surface area contributed by atoms with Crippen LogP contribution in [0.1, 0.15) is 22.7 Å². The largest absolute Gasteiger partial charge is 0.507 e. The van der Waals surface area contributed by atoms with Gasteiger partial charge >= 0.3 is 0 Å². The van der Waals surface area contributed by atoms with E-state index in [9.17, 15) is 14.7 Å². The van der Waals surface area contributed by atoms with Crippen LogP contribution in [0.4, 0.5) is 5.69 Å². The van der Waals surface area contributed by atoms with Crippen molar-refractivity contribution in [2.45, 2.75) is 13.0 Å². The number of carbonyl (C=O) groups excluding carboxylic acids is 2. The van der Waals surface area contributed by atoms with E-state index < -0.39 is 17.7 Å². The fraction of sp³-hybridized carbons (Fsp3) is 0.160. The van der Waals surface area contributed by atoms with Crippen LogP contribution < -0.4 is 14.4 Å². The zero-order valence-electron chi connectivity index (χ0n) is 17.9. The number of aryl methyl sites for hydroxylation is 1. The number of aliphatic hydroxyl groups is 1. The van der Waals surface area contributed by atoms with E-state index >= 15 is 0 Å². The van der Waals surface area contributed by atoms with Gasteiger partial charge in [-0.2, -0.15) is 0 Å². The summed E-state index contributed by atoms with van der Waals surface area (Å²) in [5.41, 5.74) is 2.39. The molecule has 0 saturated carbocycles. The molecule has 0 bridgehead atoms. The molecule has 0 radical (unpaired) electrons. The van der Waals surface area contributed by atoms with Gasteiger partial charge in [0.2, 0.25) is 0 Å². The minimum Gasteiger partial charge on any atom is -0.507 e. The highest BCUT2D eigenvalue weighted by molar-refractivity contribution is 6.51. The zero-order chi connectivity index (χ0) is 22.8. The minimum atomic E-state index is -0.915. The summed E-state index contributed by atoms with van der Waals surface area (Å²) in [6.07, 6.45) is 3.08. The molecule has 7 nitrogen and oxygen atoms in total. The van der Waals surface area contributed by atoms with E-state index in [-0.39, 0.29) is 11.3 Å². The van der Waals surface area contributed by atoms with E-state index in [4.69, 9.17) is 9.47 Å². The molecule has 1 N–H and O–H groups in total. The van der Waals surface area contributed by atoms with Crippen molar-refractivity contribution >= 4 is 23.1 Å². The smallest absolute Gasteiger partial charge is 0.300 e. The summed E-state index contributed by atoms with van der Waals surface area (Å²) in [7, 11) is 3.03. The van der Waals surface area contributed by atoms with Gasteiger partial charge in [-0.1, -0.05) is 29.8 Å². The average molecular weight is 430 g/mol. The molecule has 1 amide bonds. The molecule has 2 heterocycles. The predicted molar refractivity (Wildman–Crippen MR) is 120 cm³/mol. The first-order valence-corrected chi connectivity index (χ1v) is 9.96. The lowest BCUT2D eigenvalue weighted by molar-refractivity contribution is -0.132. The van der Waals surface area contributed by atoms with Crippen molar-refractivity contribution in [3.05, 3.63) is 89.3 Å². The first-order valence-electron chi connectivity index (χ1n) is 9.96. The topological polar surface area (TPSA) is 89.0 Å². The third-order valence-corrected chi connectivity index (χ3v) is 5.43. The van der Waals surface area contributed by atoms with Gasteiger partial charge in [-0.05, 0) is 31.2 Å². The molecule has 1 saturated heterocycles. The second-order valence-corrected chi connectivity index (χ2v) is 7.35. The normalized spacial score (nSPS) is 17.5. The van der Waals surface area contributed by atoms with Crippen LogP contribution in [0, 0.1) is 6.92 Å². The molecular weight excluding hydrogens is 408 g/mol. The molecule has 162 valence electrons. The number of nitrogens with zero attached hydrogens (tertiary/aromatic N) is 2. The number of carbonyl (C=O) groups is 2. The Morgan fingerprint density at radius 3 is 2.41 bits per heavy atom. The third-order valence-electron chi connectivity index (χ3n) is 5.43. The summed E-state index contributed by atoms with van der Waals surface area (Å²) in [6, 6.07) is 14.6. The monoisotopic (exact) mass is 430 g/mol. The summed E-state index contributed by atoms with van der Waals surface area (Å²) in [6.45, 7) is 1.92. The molecule has 1 unspecified atom stereocenters. The number of anilines is 1. The number of pyridine rings is 1. The van der Waals surface area contributed by atoms with Crippen molar-refractivity contribution in [2.75, 3.05) is 19.1 Å². The van der Waals surface area contributed by atoms with Gasteiger partial charge < -0.3 is 14.6 Å². The maximum atomic E-state index is 13.2. The van der Waals surface area contributed by atoms with Gasteiger partial charge in [-0.3, -0.25) is 19.5 Å². The fourth-order valence-electron chi connectivity index (χ4n) is 3.80. The SMILES string of the molecule is COc1ccc(C2C(=C(O)c3ccc(C)cc3)C(=O)C(=O)N2c2cccnc2)c(OC)c1. The van der Waals surface area contributed by atoms with Gasteiger partial charge in [0, 0.05) is 23.4 Å². The minimum absolute atomic E-state index is 0.0221. The van der Waals surface area contributed by atoms with Crippen LogP contribution >= 0.6 is 0 Å². The van der Waals surface area contributed by atoms with E-state index in [0.717, 1.165) is 5.56 Å². The molecule has 2 aromatic carbocycles. The van der Waals surface area contributed by atoms with Gasteiger partial charge in [-0.15, -0.1) is 0 Å². The summed E-state index contributed by atoms with van der Waals surface area (Å²) in [5.74, 6) is -0.815. The number of hydrogen-bond acceptors (Lipinski definition) is 6. The quantitative estimate of drug-likeness (QED) is 0.373. The van der Waals surface area contributed by atoms with Crippen LogP contribution in [0.5, 0.6) is 11.5 Å².